The molecule has 2 aromatic carbocycles. The summed E-state index contributed by atoms with van der Waals surface area (Å²) >= 11 is 0. The lowest BCUT2D eigenvalue weighted by Gasteiger charge is -2.06. The Balaban J connectivity index is 0.00000144. The van der Waals surface area contributed by atoms with Crippen LogP contribution in [0.1, 0.15) is 5.56 Å². The molecule has 0 fully saturated rings. The maximum absolute atomic E-state index is 5.61. The van der Waals surface area contributed by atoms with Crippen molar-refractivity contribution >= 4 is 18.1 Å². The van der Waals surface area contributed by atoms with Crippen molar-refractivity contribution in [2.24, 2.45) is 0 Å². The van der Waals surface area contributed by atoms with E-state index < -0.39 is 0 Å². The standard InChI is InChI=1S/C14H15NO.ClH/c15-13-6-8-14(9-7-13)16-11-10-12-4-2-1-3-5-12;/h1-9H,10-11,15H2;1H. The van der Waals surface area contributed by atoms with E-state index in [1.807, 2.05) is 42.5 Å². The Kier molecular flexibility index (Phi) is 5.37. The van der Waals surface area contributed by atoms with Crippen LogP contribution in [0.5, 0.6) is 5.75 Å². The van der Waals surface area contributed by atoms with Crippen molar-refractivity contribution in [1.82, 2.24) is 0 Å². The van der Waals surface area contributed by atoms with Crippen molar-refractivity contribution in [3.63, 3.8) is 0 Å². The first-order valence-corrected chi connectivity index (χ1v) is 5.37. The quantitative estimate of drug-likeness (QED) is 0.844. The summed E-state index contributed by atoms with van der Waals surface area (Å²) in [5.74, 6) is 0.866. The van der Waals surface area contributed by atoms with E-state index in [1.165, 1.54) is 5.56 Å². The monoisotopic (exact) mass is 249 g/mol. The highest BCUT2D eigenvalue weighted by atomic mass is 35.5. The number of anilines is 1. The smallest absolute Gasteiger partial charge is 0.119 e. The van der Waals surface area contributed by atoms with Crippen molar-refractivity contribution in [2.45, 2.75) is 6.42 Å². The second-order valence-electron chi connectivity index (χ2n) is 3.65. The summed E-state index contributed by atoms with van der Waals surface area (Å²) in [6, 6.07) is 17.8. The molecule has 2 aromatic rings. The van der Waals surface area contributed by atoms with Crippen LogP contribution >= 0.6 is 12.4 Å². The minimum Gasteiger partial charge on any atom is -0.493 e. The predicted molar refractivity (Wildman–Crippen MR) is 73.7 cm³/mol. The molecule has 2 rings (SSSR count). The number of nitrogen functional groups attached to an aromatic ring is 1. The topological polar surface area (TPSA) is 35.2 Å². The lowest BCUT2D eigenvalue weighted by Crippen LogP contribution is -2.01. The number of hydrogen-bond acceptors (Lipinski definition) is 2. The van der Waals surface area contributed by atoms with Gasteiger partial charge in [-0.25, -0.2) is 0 Å². The number of benzene rings is 2. The lowest BCUT2D eigenvalue weighted by molar-refractivity contribution is 0.322. The number of rotatable bonds is 4. The summed E-state index contributed by atoms with van der Waals surface area (Å²) in [6.45, 7) is 0.688. The molecule has 17 heavy (non-hydrogen) atoms. The van der Waals surface area contributed by atoms with Crippen LogP contribution in [0.25, 0.3) is 0 Å². The molecule has 0 unspecified atom stereocenters. The third-order valence-electron chi connectivity index (χ3n) is 2.38. The molecule has 0 aliphatic carbocycles. The maximum atomic E-state index is 5.61. The Labute approximate surface area is 108 Å². The summed E-state index contributed by atoms with van der Waals surface area (Å²) < 4.78 is 5.61. The van der Waals surface area contributed by atoms with Gasteiger partial charge in [-0.15, -0.1) is 12.4 Å². The normalized spacial score (nSPS) is 9.41. The molecule has 2 N–H and O–H groups in total. The van der Waals surface area contributed by atoms with E-state index in [-0.39, 0.29) is 12.4 Å². The Morgan fingerprint density at radius 2 is 1.53 bits per heavy atom. The Bertz CT molecular complexity index is 428. The zero-order valence-corrected chi connectivity index (χ0v) is 10.3. The molecule has 0 amide bonds. The summed E-state index contributed by atoms with van der Waals surface area (Å²) in [6.07, 6.45) is 0.922. The SMILES string of the molecule is Cl.Nc1ccc(OCCc2ccccc2)cc1. The van der Waals surface area contributed by atoms with Crippen LogP contribution in [0.2, 0.25) is 0 Å². The molecule has 0 heterocycles. The highest BCUT2D eigenvalue weighted by Gasteiger charge is 1.94. The fourth-order valence-electron chi connectivity index (χ4n) is 1.50. The van der Waals surface area contributed by atoms with Crippen LogP contribution in [-0.4, -0.2) is 6.61 Å². The Morgan fingerprint density at radius 3 is 2.18 bits per heavy atom. The van der Waals surface area contributed by atoms with Gasteiger partial charge in [0.2, 0.25) is 0 Å². The average molecular weight is 250 g/mol. The fourth-order valence-corrected chi connectivity index (χ4v) is 1.50. The van der Waals surface area contributed by atoms with Crippen molar-refractivity contribution in [2.75, 3.05) is 12.3 Å². The summed E-state index contributed by atoms with van der Waals surface area (Å²) in [5, 5.41) is 0. The second kappa shape index (κ2) is 6.81. The van der Waals surface area contributed by atoms with E-state index in [1.54, 1.807) is 0 Å². The molecule has 0 bridgehead atoms. The molecule has 0 saturated heterocycles. The number of halogens is 1. The van der Waals surface area contributed by atoms with Gasteiger partial charge in [-0.1, -0.05) is 30.3 Å². The maximum Gasteiger partial charge on any atom is 0.119 e. The van der Waals surface area contributed by atoms with Crippen LogP contribution in [0.4, 0.5) is 5.69 Å². The summed E-state index contributed by atoms with van der Waals surface area (Å²) in [4.78, 5) is 0. The first kappa shape index (κ1) is 13.4. The van der Waals surface area contributed by atoms with Crippen LogP contribution < -0.4 is 10.5 Å². The lowest BCUT2D eigenvalue weighted by atomic mass is 10.2. The predicted octanol–water partition coefficient (Wildman–Crippen LogP) is 3.31. The molecule has 0 spiro atoms. The first-order valence-electron chi connectivity index (χ1n) is 5.37. The van der Waals surface area contributed by atoms with Crippen molar-refractivity contribution in [3.8, 4) is 5.75 Å². The fraction of sp³-hybridized carbons (Fsp3) is 0.143. The van der Waals surface area contributed by atoms with Gasteiger partial charge in [-0.2, -0.15) is 0 Å². The van der Waals surface area contributed by atoms with E-state index in [0.717, 1.165) is 17.9 Å². The molecule has 3 heteroatoms. The highest BCUT2D eigenvalue weighted by molar-refractivity contribution is 5.85. The van der Waals surface area contributed by atoms with Gasteiger partial charge < -0.3 is 10.5 Å². The van der Waals surface area contributed by atoms with Gasteiger partial charge >= 0.3 is 0 Å². The number of hydrogen-bond donors (Lipinski definition) is 1. The van der Waals surface area contributed by atoms with Gasteiger partial charge in [-0.3, -0.25) is 0 Å². The van der Waals surface area contributed by atoms with Crippen LogP contribution in [0, 0.1) is 0 Å². The van der Waals surface area contributed by atoms with E-state index >= 15 is 0 Å². The van der Waals surface area contributed by atoms with Gasteiger partial charge in [0.05, 0.1) is 6.61 Å². The second-order valence-corrected chi connectivity index (χ2v) is 3.65. The van der Waals surface area contributed by atoms with E-state index in [9.17, 15) is 0 Å². The average Bonchev–Trinajstić information content (AvgIpc) is 2.33. The van der Waals surface area contributed by atoms with E-state index in [0.29, 0.717) is 6.61 Å². The number of nitrogens with two attached hydrogens (primary N) is 1. The first-order chi connectivity index (χ1) is 7.84. The van der Waals surface area contributed by atoms with Crippen LogP contribution in [0.3, 0.4) is 0 Å². The van der Waals surface area contributed by atoms with Gasteiger partial charge in [0.15, 0.2) is 0 Å². The van der Waals surface area contributed by atoms with Gasteiger partial charge in [0.1, 0.15) is 5.75 Å². The van der Waals surface area contributed by atoms with Gasteiger partial charge in [-0.05, 0) is 29.8 Å². The molecule has 0 aromatic heterocycles. The Morgan fingerprint density at radius 1 is 0.882 bits per heavy atom. The van der Waals surface area contributed by atoms with Crippen LogP contribution in [-0.2, 0) is 6.42 Å². The molecule has 0 aliphatic heterocycles. The largest absolute Gasteiger partial charge is 0.493 e. The highest BCUT2D eigenvalue weighted by Crippen LogP contribution is 2.13. The number of ether oxygens (including phenoxy) is 1. The third kappa shape index (κ3) is 4.37. The Hall–Kier alpha value is -1.67. The van der Waals surface area contributed by atoms with E-state index in [4.69, 9.17) is 10.5 Å². The molecular weight excluding hydrogens is 234 g/mol. The van der Waals surface area contributed by atoms with Gasteiger partial charge in [0, 0.05) is 12.1 Å². The molecule has 0 saturated carbocycles. The summed E-state index contributed by atoms with van der Waals surface area (Å²) in [7, 11) is 0. The zero-order valence-electron chi connectivity index (χ0n) is 9.50. The molecule has 2 nitrogen and oxygen atoms in total. The molecule has 0 radical (unpaired) electrons. The summed E-state index contributed by atoms with van der Waals surface area (Å²) in [5.41, 5.74) is 7.64. The van der Waals surface area contributed by atoms with Crippen LogP contribution in [0.15, 0.2) is 54.6 Å². The minimum absolute atomic E-state index is 0. The molecule has 0 atom stereocenters. The van der Waals surface area contributed by atoms with Gasteiger partial charge in [0.25, 0.3) is 0 Å². The van der Waals surface area contributed by atoms with Crippen molar-refractivity contribution < 1.29 is 4.74 Å². The van der Waals surface area contributed by atoms with Crippen molar-refractivity contribution in [3.05, 3.63) is 60.2 Å². The molecule has 0 aliphatic rings. The molecular formula is C14H16ClNO. The molecule has 90 valence electrons. The minimum atomic E-state index is 0. The van der Waals surface area contributed by atoms with Crippen molar-refractivity contribution in [1.29, 1.82) is 0 Å². The zero-order chi connectivity index (χ0) is 11.2. The third-order valence-corrected chi connectivity index (χ3v) is 2.38. The van der Waals surface area contributed by atoms with E-state index in [2.05, 4.69) is 12.1 Å².